The van der Waals surface area contributed by atoms with Gasteiger partial charge in [-0.2, -0.15) is 0 Å². The number of nitrogens with one attached hydrogen (secondary N) is 1. The molecule has 216 valence electrons. The molecule has 4 aromatic rings. The third-order valence-electron chi connectivity index (χ3n) is 7.93. The fourth-order valence-corrected chi connectivity index (χ4v) is 5.76. The molecule has 4 heterocycles. The number of carbonyl (C=O) groups excluding carboxylic acids is 2. The molecule has 0 fully saturated rings. The Kier molecular flexibility index (Phi) is 7.56. The zero-order valence-corrected chi connectivity index (χ0v) is 23.7. The molecule has 42 heavy (non-hydrogen) atoms. The van der Waals surface area contributed by atoms with Crippen LogP contribution in [0.1, 0.15) is 62.9 Å². The molecule has 0 radical (unpaired) electrons. The van der Waals surface area contributed by atoms with Crippen LogP contribution in [-0.4, -0.2) is 46.7 Å². The number of fused-ring (bicyclic) bond motifs is 6. The second-order valence-electron chi connectivity index (χ2n) is 10.7. The summed E-state index contributed by atoms with van der Waals surface area (Å²) in [5.41, 5.74) is 5.02. The van der Waals surface area contributed by atoms with Gasteiger partial charge in [0.15, 0.2) is 0 Å². The Balaban J connectivity index is 1.36. The molecule has 0 saturated carbocycles. The first-order valence-electron chi connectivity index (χ1n) is 14.2. The Morgan fingerprint density at radius 2 is 1.90 bits per heavy atom. The molecule has 1 aromatic heterocycles. The van der Waals surface area contributed by atoms with E-state index in [1.54, 1.807) is 6.07 Å². The number of hydrogen-bond acceptors (Lipinski definition) is 7. The molecule has 8 bridgehead atoms. The highest BCUT2D eigenvalue weighted by Gasteiger charge is 2.33. The third-order valence-corrected chi connectivity index (χ3v) is 7.93. The molecule has 3 aliphatic rings. The Hall–Kier alpha value is -4.79. The fourth-order valence-electron chi connectivity index (χ4n) is 5.76. The molecule has 0 saturated heterocycles. The number of hydrogen-bond donors (Lipinski definition) is 2. The first kappa shape index (κ1) is 27.4. The summed E-state index contributed by atoms with van der Waals surface area (Å²) in [6, 6.07) is 18.1. The van der Waals surface area contributed by atoms with E-state index in [0.717, 1.165) is 33.7 Å². The third kappa shape index (κ3) is 5.54. The molecular weight excluding hydrogens is 534 g/mol. The van der Waals surface area contributed by atoms with E-state index in [4.69, 9.17) is 14.0 Å². The number of phenolic OH excluding ortho intramolecular Hbond substituents is 1. The summed E-state index contributed by atoms with van der Waals surface area (Å²) in [4.78, 5) is 28.5. The molecule has 9 nitrogen and oxygen atoms in total. The van der Waals surface area contributed by atoms with Gasteiger partial charge in [0, 0.05) is 25.1 Å². The molecule has 3 aliphatic heterocycles. The monoisotopic (exact) mass is 567 g/mol. The van der Waals surface area contributed by atoms with Gasteiger partial charge < -0.3 is 29.3 Å². The van der Waals surface area contributed by atoms with Gasteiger partial charge in [0.1, 0.15) is 28.8 Å². The summed E-state index contributed by atoms with van der Waals surface area (Å²) in [6.45, 7) is 5.10. The van der Waals surface area contributed by atoms with Crippen LogP contribution in [0.5, 0.6) is 23.0 Å². The number of aromatic nitrogens is 1. The first-order chi connectivity index (χ1) is 20.4. The van der Waals surface area contributed by atoms with Crippen LogP contribution >= 0.6 is 0 Å². The predicted octanol–water partition coefficient (Wildman–Crippen LogP) is 5.41. The molecule has 3 aromatic carbocycles. The van der Waals surface area contributed by atoms with Crippen LogP contribution in [0.15, 0.2) is 65.2 Å². The number of benzene rings is 3. The Morgan fingerprint density at radius 1 is 1.07 bits per heavy atom. The SMILES string of the molecule is Cc1noc(C)c1CCC(=O)N1CCc2cc3ccc2C1c1cccc(c1)OCCCNC(=O)c1cc(ccc1O)O3. The van der Waals surface area contributed by atoms with Crippen LogP contribution < -0.4 is 14.8 Å². The van der Waals surface area contributed by atoms with Crippen molar-refractivity contribution >= 4 is 11.8 Å². The summed E-state index contributed by atoms with van der Waals surface area (Å²) in [7, 11) is 0. The lowest BCUT2D eigenvalue weighted by Gasteiger charge is -2.38. The number of nitrogens with zero attached hydrogens (tertiary/aromatic N) is 2. The summed E-state index contributed by atoms with van der Waals surface area (Å²) in [5.74, 6) is 2.06. The normalized spacial score (nSPS) is 16.6. The molecule has 2 N–H and O–H groups in total. The van der Waals surface area contributed by atoms with Gasteiger partial charge in [-0.1, -0.05) is 23.4 Å². The fraction of sp³-hybridized carbons (Fsp3) is 0.303. The number of amides is 2. The second kappa shape index (κ2) is 11.6. The average molecular weight is 568 g/mol. The Labute approximate surface area is 244 Å². The minimum atomic E-state index is -0.381. The number of ether oxygens (including phenoxy) is 2. The number of rotatable bonds is 3. The average Bonchev–Trinajstić information content (AvgIpc) is 3.31. The van der Waals surface area contributed by atoms with Crippen molar-refractivity contribution in [3.63, 3.8) is 0 Å². The minimum Gasteiger partial charge on any atom is -0.507 e. The molecule has 1 atom stereocenters. The van der Waals surface area contributed by atoms with Crippen LogP contribution in [0.3, 0.4) is 0 Å². The quantitative estimate of drug-likeness (QED) is 0.340. The summed E-state index contributed by atoms with van der Waals surface area (Å²) in [5, 5.41) is 17.2. The van der Waals surface area contributed by atoms with E-state index in [1.807, 2.05) is 61.2 Å². The maximum Gasteiger partial charge on any atom is 0.255 e. The topological polar surface area (TPSA) is 114 Å². The zero-order chi connectivity index (χ0) is 29.2. The maximum absolute atomic E-state index is 13.8. The lowest BCUT2D eigenvalue weighted by atomic mass is 9.87. The van der Waals surface area contributed by atoms with Crippen molar-refractivity contribution in [2.75, 3.05) is 19.7 Å². The van der Waals surface area contributed by atoms with Crippen molar-refractivity contribution in [3.8, 4) is 23.0 Å². The van der Waals surface area contributed by atoms with Gasteiger partial charge in [0.25, 0.3) is 5.91 Å². The second-order valence-corrected chi connectivity index (χ2v) is 10.7. The lowest BCUT2D eigenvalue weighted by Crippen LogP contribution is -2.40. The van der Waals surface area contributed by atoms with Crippen molar-refractivity contribution in [2.45, 2.75) is 45.6 Å². The van der Waals surface area contributed by atoms with Crippen molar-refractivity contribution in [1.82, 2.24) is 15.4 Å². The molecule has 0 spiro atoms. The van der Waals surface area contributed by atoms with Crippen LogP contribution in [0, 0.1) is 13.8 Å². The van der Waals surface area contributed by atoms with E-state index in [-0.39, 0.29) is 29.2 Å². The van der Waals surface area contributed by atoms with Crippen molar-refractivity contribution < 1.29 is 28.7 Å². The molecule has 2 amide bonds. The largest absolute Gasteiger partial charge is 0.507 e. The smallest absolute Gasteiger partial charge is 0.255 e. The molecule has 9 heteroatoms. The predicted molar refractivity (Wildman–Crippen MR) is 155 cm³/mol. The van der Waals surface area contributed by atoms with Gasteiger partial charge in [-0.05, 0) is 92.3 Å². The summed E-state index contributed by atoms with van der Waals surface area (Å²) < 4.78 is 17.5. The van der Waals surface area contributed by atoms with Gasteiger partial charge in [-0.3, -0.25) is 9.59 Å². The lowest BCUT2D eigenvalue weighted by molar-refractivity contribution is -0.133. The van der Waals surface area contributed by atoms with Crippen LogP contribution in [0.2, 0.25) is 0 Å². The Bertz CT molecular complexity index is 1630. The van der Waals surface area contributed by atoms with Gasteiger partial charge in [0.2, 0.25) is 5.91 Å². The van der Waals surface area contributed by atoms with Gasteiger partial charge in [-0.15, -0.1) is 0 Å². The first-order valence-corrected chi connectivity index (χ1v) is 14.2. The van der Waals surface area contributed by atoms with E-state index in [1.165, 1.54) is 12.1 Å². The molecule has 7 rings (SSSR count). The maximum atomic E-state index is 13.8. The molecular formula is C33H33N3O6. The van der Waals surface area contributed by atoms with Crippen LogP contribution in [0.4, 0.5) is 0 Å². The van der Waals surface area contributed by atoms with Crippen molar-refractivity contribution in [1.29, 1.82) is 0 Å². The number of aromatic hydroxyl groups is 1. The van der Waals surface area contributed by atoms with Gasteiger partial charge in [0.05, 0.1) is 23.9 Å². The highest BCUT2D eigenvalue weighted by atomic mass is 16.5. The molecule has 0 aliphatic carbocycles. The zero-order valence-electron chi connectivity index (χ0n) is 23.7. The van der Waals surface area contributed by atoms with E-state index in [9.17, 15) is 14.7 Å². The Morgan fingerprint density at radius 3 is 2.74 bits per heavy atom. The molecule has 1 unspecified atom stereocenters. The highest BCUT2D eigenvalue weighted by Crippen LogP contribution is 2.39. The number of aryl methyl sites for hydroxylation is 2. The van der Waals surface area contributed by atoms with Crippen molar-refractivity contribution in [3.05, 3.63) is 99.9 Å². The number of phenols is 1. The minimum absolute atomic E-state index is 0.0619. The van der Waals surface area contributed by atoms with Gasteiger partial charge in [-0.25, -0.2) is 0 Å². The highest BCUT2D eigenvalue weighted by molar-refractivity contribution is 5.97. The van der Waals surface area contributed by atoms with E-state index >= 15 is 0 Å². The standard InChI is InChI=1S/C33H33N3O6/c1-20-27(21(2)42-35-20)10-12-31(38)36-15-13-22-17-25-7-9-28(22)32(36)23-5-3-6-24(18-23)40-16-4-14-34-33(39)29-19-26(41-25)8-11-30(29)37/h3,5-9,11,17-19,32,37H,4,10,12-16H2,1-2H3,(H,34,39). The summed E-state index contributed by atoms with van der Waals surface area (Å²) >= 11 is 0. The van der Waals surface area contributed by atoms with E-state index in [2.05, 4.69) is 10.5 Å². The van der Waals surface area contributed by atoms with Gasteiger partial charge >= 0.3 is 0 Å². The van der Waals surface area contributed by atoms with E-state index in [0.29, 0.717) is 62.6 Å². The van der Waals surface area contributed by atoms with Crippen LogP contribution in [0.25, 0.3) is 0 Å². The van der Waals surface area contributed by atoms with E-state index < -0.39 is 0 Å². The van der Waals surface area contributed by atoms with Crippen molar-refractivity contribution in [2.24, 2.45) is 0 Å². The number of carbonyl (C=O) groups is 2. The van der Waals surface area contributed by atoms with Crippen LogP contribution in [-0.2, 0) is 17.6 Å². The summed E-state index contributed by atoms with van der Waals surface area (Å²) in [6.07, 6.45) is 2.16.